The van der Waals surface area contributed by atoms with Gasteiger partial charge < -0.3 is 5.32 Å². The van der Waals surface area contributed by atoms with Gasteiger partial charge in [-0.25, -0.2) is 0 Å². The average molecular weight is 240 g/mol. The van der Waals surface area contributed by atoms with Crippen LogP contribution in [0.2, 0.25) is 0 Å². The summed E-state index contributed by atoms with van der Waals surface area (Å²) in [6.07, 6.45) is 3.32. The highest BCUT2D eigenvalue weighted by atomic mass is 32.2. The zero-order chi connectivity index (χ0) is 11.1. The Labute approximate surface area is 99.7 Å². The number of hydrogen-bond donors (Lipinski definition) is 1. The van der Waals surface area contributed by atoms with Crippen molar-refractivity contribution < 1.29 is 0 Å². The van der Waals surface area contributed by atoms with Gasteiger partial charge in [0.2, 0.25) is 0 Å². The number of nitrogens with zero attached hydrogens (tertiary/aromatic N) is 1. The zero-order valence-corrected chi connectivity index (χ0v) is 10.8. The maximum absolute atomic E-state index is 8.68. The summed E-state index contributed by atoms with van der Waals surface area (Å²) in [6.45, 7) is 3.08. The van der Waals surface area contributed by atoms with Crippen molar-refractivity contribution in [3.63, 3.8) is 0 Å². The highest BCUT2D eigenvalue weighted by Gasteiger charge is 2.03. The minimum absolute atomic E-state index is 0.546. The maximum Gasteiger partial charge on any atom is 0.110 e. The van der Waals surface area contributed by atoms with Crippen LogP contribution >= 0.6 is 23.1 Å². The third-order valence-electron chi connectivity index (χ3n) is 2.15. The Balaban J connectivity index is 2.27. The monoisotopic (exact) mass is 240 g/mol. The van der Waals surface area contributed by atoms with Crippen molar-refractivity contribution in [2.75, 3.05) is 12.0 Å². The van der Waals surface area contributed by atoms with Gasteiger partial charge in [-0.1, -0.05) is 0 Å². The topological polar surface area (TPSA) is 35.8 Å². The van der Waals surface area contributed by atoms with Crippen LogP contribution in [0.1, 0.15) is 23.1 Å². The standard InChI is InChI=1S/C11H16N2S2/c1-9(5-6-14-2)13-8-11-4-3-10(7-12)15-11/h3-4,9,13H,5-6,8H2,1-2H3. The molecule has 82 valence electrons. The Hall–Kier alpha value is -0.500. The molecule has 0 bridgehead atoms. The van der Waals surface area contributed by atoms with E-state index >= 15 is 0 Å². The molecule has 0 aliphatic heterocycles. The molecule has 1 atom stereocenters. The summed E-state index contributed by atoms with van der Waals surface area (Å²) < 4.78 is 0. The van der Waals surface area contributed by atoms with E-state index in [9.17, 15) is 0 Å². The van der Waals surface area contributed by atoms with E-state index in [4.69, 9.17) is 5.26 Å². The van der Waals surface area contributed by atoms with Crippen molar-refractivity contribution in [3.05, 3.63) is 21.9 Å². The van der Waals surface area contributed by atoms with Gasteiger partial charge in [0.05, 0.1) is 0 Å². The Morgan fingerprint density at radius 1 is 1.60 bits per heavy atom. The third kappa shape index (κ3) is 4.70. The highest BCUT2D eigenvalue weighted by Crippen LogP contribution is 2.15. The molecule has 1 N–H and O–H groups in total. The molecule has 1 rings (SSSR count). The summed E-state index contributed by atoms with van der Waals surface area (Å²) in [5.74, 6) is 1.20. The molecule has 4 heteroatoms. The molecule has 1 aromatic heterocycles. The Bertz CT molecular complexity index is 328. The molecule has 0 radical (unpaired) electrons. The molecule has 0 fully saturated rings. The minimum Gasteiger partial charge on any atom is -0.309 e. The fourth-order valence-corrected chi connectivity index (χ4v) is 2.55. The first-order valence-electron chi connectivity index (χ1n) is 4.97. The van der Waals surface area contributed by atoms with Gasteiger partial charge in [0.15, 0.2) is 0 Å². The van der Waals surface area contributed by atoms with Crippen molar-refractivity contribution >= 4 is 23.1 Å². The third-order valence-corrected chi connectivity index (χ3v) is 3.79. The lowest BCUT2D eigenvalue weighted by atomic mass is 10.2. The van der Waals surface area contributed by atoms with Crippen LogP contribution in [0.15, 0.2) is 12.1 Å². The molecule has 0 saturated heterocycles. The summed E-state index contributed by atoms with van der Waals surface area (Å²) in [7, 11) is 0. The quantitative estimate of drug-likeness (QED) is 0.830. The smallest absolute Gasteiger partial charge is 0.110 e. The van der Waals surface area contributed by atoms with Gasteiger partial charge in [0.1, 0.15) is 10.9 Å². The van der Waals surface area contributed by atoms with E-state index in [1.807, 2.05) is 23.9 Å². The number of nitrogens with one attached hydrogen (secondary N) is 1. The van der Waals surface area contributed by atoms with E-state index in [1.54, 1.807) is 11.3 Å². The first-order valence-corrected chi connectivity index (χ1v) is 7.18. The van der Waals surface area contributed by atoms with Crippen molar-refractivity contribution in [2.24, 2.45) is 0 Å². The number of nitriles is 1. The largest absolute Gasteiger partial charge is 0.309 e. The second-order valence-corrected chi connectivity index (χ2v) is 5.60. The second-order valence-electron chi connectivity index (χ2n) is 3.44. The molecule has 1 unspecified atom stereocenters. The minimum atomic E-state index is 0.546. The normalized spacial score (nSPS) is 12.3. The molecular weight excluding hydrogens is 224 g/mol. The number of thioether (sulfide) groups is 1. The van der Waals surface area contributed by atoms with Crippen LogP contribution in [0, 0.1) is 11.3 Å². The van der Waals surface area contributed by atoms with Gasteiger partial charge in [-0.3, -0.25) is 0 Å². The number of hydrogen-bond acceptors (Lipinski definition) is 4. The van der Waals surface area contributed by atoms with Gasteiger partial charge in [-0.2, -0.15) is 17.0 Å². The van der Waals surface area contributed by atoms with E-state index in [-0.39, 0.29) is 0 Å². The molecule has 0 aromatic carbocycles. The van der Waals surface area contributed by atoms with Crippen LogP contribution < -0.4 is 5.32 Å². The van der Waals surface area contributed by atoms with Gasteiger partial charge in [-0.05, 0) is 37.5 Å². The first kappa shape index (κ1) is 12.6. The number of rotatable bonds is 6. The summed E-state index contributed by atoms with van der Waals surface area (Å²) in [6, 6.07) is 6.61. The van der Waals surface area contributed by atoms with Crippen LogP contribution in [0.3, 0.4) is 0 Å². The fourth-order valence-electron chi connectivity index (χ4n) is 1.20. The molecule has 0 saturated carbocycles. The molecule has 2 nitrogen and oxygen atoms in total. The predicted octanol–water partition coefficient (Wildman–Crippen LogP) is 2.85. The van der Waals surface area contributed by atoms with Crippen LogP contribution in [0.25, 0.3) is 0 Å². The van der Waals surface area contributed by atoms with Crippen molar-refractivity contribution in [3.8, 4) is 6.07 Å². The molecular formula is C11H16N2S2. The van der Waals surface area contributed by atoms with Crippen molar-refractivity contribution in [2.45, 2.75) is 25.9 Å². The summed E-state index contributed by atoms with van der Waals surface area (Å²) >= 11 is 3.45. The van der Waals surface area contributed by atoms with Crippen LogP contribution in [-0.4, -0.2) is 18.1 Å². The van der Waals surface area contributed by atoms with Crippen molar-refractivity contribution in [1.82, 2.24) is 5.32 Å². The van der Waals surface area contributed by atoms with E-state index in [1.165, 1.54) is 17.1 Å². The lowest BCUT2D eigenvalue weighted by Crippen LogP contribution is -2.25. The SMILES string of the molecule is CSCCC(C)NCc1ccc(C#N)s1. The molecule has 1 heterocycles. The molecule has 0 aliphatic carbocycles. The molecule has 0 aliphatic rings. The van der Waals surface area contributed by atoms with Gasteiger partial charge >= 0.3 is 0 Å². The summed E-state index contributed by atoms with van der Waals surface area (Å²) in [5, 5.41) is 12.1. The molecule has 0 spiro atoms. The highest BCUT2D eigenvalue weighted by molar-refractivity contribution is 7.98. The zero-order valence-electron chi connectivity index (χ0n) is 9.12. The Kier molecular flexibility index (Phi) is 5.77. The van der Waals surface area contributed by atoms with Crippen molar-refractivity contribution in [1.29, 1.82) is 5.26 Å². The van der Waals surface area contributed by atoms with Gasteiger partial charge in [0.25, 0.3) is 0 Å². The van der Waals surface area contributed by atoms with E-state index in [0.717, 1.165) is 11.4 Å². The molecule has 0 amide bonds. The summed E-state index contributed by atoms with van der Waals surface area (Å²) in [4.78, 5) is 2.03. The first-order chi connectivity index (χ1) is 7.26. The fraction of sp³-hybridized carbons (Fsp3) is 0.545. The lowest BCUT2D eigenvalue weighted by molar-refractivity contribution is 0.541. The Morgan fingerprint density at radius 2 is 2.40 bits per heavy atom. The lowest BCUT2D eigenvalue weighted by Gasteiger charge is -2.11. The van der Waals surface area contributed by atoms with Crippen LogP contribution in [-0.2, 0) is 6.54 Å². The van der Waals surface area contributed by atoms with Crippen LogP contribution in [0.5, 0.6) is 0 Å². The average Bonchev–Trinajstić information content (AvgIpc) is 2.71. The van der Waals surface area contributed by atoms with Gasteiger partial charge in [-0.15, -0.1) is 11.3 Å². The van der Waals surface area contributed by atoms with Crippen LogP contribution in [0.4, 0.5) is 0 Å². The van der Waals surface area contributed by atoms with E-state index < -0.39 is 0 Å². The summed E-state index contributed by atoms with van der Waals surface area (Å²) in [5.41, 5.74) is 0. The predicted molar refractivity (Wildman–Crippen MR) is 68.3 cm³/mol. The molecule has 1 aromatic rings. The Morgan fingerprint density at radius 3 is 3.00 bits per heavy atom. The number of thiophene rings is 1. The van der Waals surface area contributed by atoms with E-state index in [0.29, 0.717) is 6.04 Å². The molecule has 15 heavy (non-hydrogen) atoms. The van der Waals surface area contributed by atoms with Gasteiger partial charge in [0, 0.05) is 17.5 Å². The maximum atomic E-state index is 8.68. The second kappa shape index (κ2) is 6.89. The van der Waals surface area contributed by atoms with E-state index in [2.05, 4.69) is 24.6 Å².